The van der Waals surface area contributed by atoms with Crippen molar-refractivity contribution in [2.75, 3.05) is 5.75 Å². The van der Waals surface area contributed by atoms with Crippen LogP contribution in [0.15, 0.2) is 65.1 Å². The Bertz CT molecular complexity index is 726. The van der Waals surface area contributed by atoms with Gasteiger partial charge in [-0.1, -0.05) is 72.0 Å². The van der Waals surface area contributed by atoms with E-state index in [1.165, 1.54) is 21.2 Å². The van der Waals surface area contributed by atoms with E-state index in [-0.39, 0.29) is 17.0 Å². The summed E-state index contributed by atoms with van der Waals surface area (Å²) in [6.45, 7) is 2.18. The third-order valence-corrected chi connectivity index (χ3v) is 5.44. The predicted octanol–water partition coefficient (Wildman–Crippen LogP) is 2.46. The fourth-order valence-corrected chi connectivity index (χ4v) is 4.39. The number of halogens is 2. The second-order valence-corrected chi connectivity index (χ2v) is 7.05. The van der Waals surface area contributed by atoms with Gasteiger partial charge in [0.15, 0.2) is 0 Å². The zero-order valence-corrected chi connectivity index (χ0v) is 16.0. The average Bonchev–Trinajstić information content (AvgIpc) is 2.93. The van der Waals surface area contributed by atoms with Gasteiger partial charge in [-0.25, -0.2) is 0 Å². The normalized spacial score (nSPS) is 10.3. The van der Waals surface area contributed by atoms with Crippen molar-refractivity contribution in [2.24, 2.45) is 0 Å². The third-order valence-electron chi connectivity index (χ3n) is 3.11. The number of hydrogen-bond acceptors (Lipinski definition) is 2. The van der Waals surface area contributed by atoms with Crippen LogP contribution in [0.25, 0.3) is 16.1 Å². The highest BCUT2D eigenvalue weighted by Crippen LogP contribution is 2.34. The van der Waals surface area contributed by atoms with E-state index >= 15 is 0 Å². The number of aromatic nitrogens is 1. The minimum absolute atomic E-state index is 0. The molecule has 114 valence electrons. The lowest BCUT2D eigenvalue weighted by atomic mass is 10.2. The SMILES string of the molecule is CCSc1c(-c2ccc(Cl)cc2)sc[n+]1-c1ccccc1.[Br-]. The molecule has 1 aromatic heterocycles. The summed E-state index contributed by atoms with van der Waals surface area (Å²) in [5.41, 5.74) is 4.59. The van der Waals surface area contributed by atoms with E-state index in [2.05, 4.69) is 53.4 Å². The molecular formula is C17H15BrClNS2. The Kier molecular flexibility index (Phi) is 6.50. The van der Waals surface area contributed by atoms with E-state index in [1.807, 2.05) is 30.0 Å². The average molecular weight is 413 g/mol. The monoisotopic (exact) mass is 411 g/mol. The maximum Gasteiger partial charge on any atom is 0.264 e. The van der Waals surface area contributed by atoms with Gasteiger partial charge < -0.3 is 17.0 Å². The van der Waals surface area contributed by atoms with Crippen LogP contribution in [0, 0.1) is 0 Å². The van der Waals surface area contributed by atoms with Gasteiger partial charge in [-0.3, -0.25) is 0 Å². The number of thiazole rings is 1. The number of rotatable bonds is 4. The van der Waals surface area contributed by atoms with Crippen LogP contribution in [0.2, 0.25) is 5.02 Å². The smallest absolute Gasteiger partial charge is 0.264 e. The summed E-state index contributed by atoms with van der Waals surface area (Å²) >= 11 is 9.63. The largest absolute Gasteiger partial charge is 1.00 e. The molecular weight excluding hydrogens is 398 g/mol. The summed E-state index contributed by atoms with van der Waals surface area (Å²) in [6, 6.07) is 18.5. The van der Waals surface area contributed by atoms with Crippen LogP contribution in [0.5, 0.6) is 0 Å². The minimum atomic E-state index is 0. The molecule has 0 unspecified atom stereocenters. The molecule has 0 atom stereocenters. The third kappa shape index (κ3) is 3.74. The lowest BCUT2D eigenvalue weighted by Gasteiger charge is -2.01. The molecule has 3 rings (SSSR count). The van der Waals surface area contributed by atoms with E-state index in [1.54, 1.807) is 11.3 Å². The maximum atomic E-state index is 5.99. The van der Waals surface area contributed by atoms with Crippen LogP contribution >= 0.6 is 34.7 Å². The van der Waals surface area contributed by atoms with Crippen LogP contribution in [-0.4, -0.2) is 5.75 Å². The number of thioether (sulfide) groups is 1. The van der Waals surface area contributed by atoms with Gasteiger partial charge in [-0.05, 0) is 17.7 Å². The van der Waals surface area contributed by atoms with Crippen molar-refractivity contribution in [1.82, 2.24) is 0 Å². The van der Waals surface area contributed by atoms with Crippen LogP contribution in [0.1, 0.15) is 6.92 Å². The molecule has 0 amide bonds. The lowest BCUT2D eigenvalue weighted by Crippen LogP contribution is -3.00. The van der Waals surface area contributed by atoms with E-state index < -0.39 is 0 Å². The summed E-state index contributed by atoms with van der Waals surface area (Å²) in [7, 11) is 0. The van der Waals surface area contributed by atoms with Crippen LogP contribution in [0.4, 0.5) is 0 Å². The van der Waals surface area contributed by atoms with E-state index in [0.717, 1.165) is 10.8 Å². The second-order valence-electron chi connectivity index (χ2n) is 4.50. The summed E-state index contributed by atoms with van der Waals surface area (Å²) in [4.78, 5) is 1.29. The zero-order valence-electron chi connectivity index (χ0n) is 12.0. The van der Waals surface area contributed by atoms with Gasteiger partial charge in [0.05, 0.1) is 0 Å². The van der Waals surface area contributed by atoms with Gasteiger partial charge in [0.2, 0.25) is 11.2 Å². The van der Waals surface area contributed by atoms with Gasteiger partial charge in [-0.15, -0.1) is 4.57 Å². The standard InChI is InChI=1S/C17H15ClNS2.BrH/c1-2-20-17-16(13-8-10-14(18)11-9-13)21-12-19(17)15-6-4-3-5-7-15;/h3-12H,2H2,1H3;1H/q+1;/p-1. The van der Waals surface area contributed by atoms with Crippen LogP contribution < -0.4 is 21.5 Å². The summed E-state index contributed by atoms with van der Waals surface area (Å²) < 4.78 is 2.27. The summed E-state index contributed by atoms with van der Waals surface area (Å²) in [5.74, 6) is 1.05. The number of nitrogens with zero attached hydrogens (tertiary/aromatic N) is 1. The molecule has 3 aromatic rings. The highest BCUT2D eigenvalue weighted by molar-refractivity contribution is 7.99. The first-order valence-corrected chi connectivity index (χ1v) is 9.01. The van der Waals surface area contributed by atoms with Crippen molar-refractivity contribution in [1.29, 1.82) is 0 Å². The minimum Gasteiger partial charge on any atom is -1.00 e. The first-order valence-electron chi connectivity index (χ1n) is 6.77. The predicted molar refractivity (Wildman–Crippen MR) is 92.7 cm³/mol. The second kappa shape index (κ2) is 8.16. The molecule has 0 bridgehead atoms. The van der Waals surface area contributed by atoms with Gasteiger partial charge in [0.25, 0.3) is 5.03 Å². The Morgan fingerprint density at radius 3 is 2.36 bits per heavy atom. The number of hydrogen-bond donors (Lipinski definition) is 0. The van der Waals surface area contributed by atoms with Crippen molar-refractivity contribution < 1.29 is 21.5 Å². The lowest BCUT2D eigenvalue weighted by molar-refractivity contribution is -0.629. The number of para-hydroxylation sites is 1. The van der Waals surface area contributed by atoms with Gasteiger partial charge in [0, 0.05) is 22.9 Å². The molecule has 0 aliphatic rings. The molecule has 2 aromatic carbocycles. The van der Waals surface area contributed by atoms with Crippen LogP contribution in [-0.2, 0) is 0 Å². The molecule has 0 spiro atoms. The fraction of sp³-hybridized carbons (Fsp3) is 0.118. The summed E-state index contributed by atoms with van der Waals surface area (Å²) in [5, 5.41) is 2.06. The van der Waals surface area contributed by atoms with E-state index in [9.17, 15) is 0 Å². The zero-order chi connectivity index (χ0) is 14.7. The molecule has 1 heterocycles. The van der Waals surface area contributed by atoms with Gasteiger partial charge in [0.1, 0.15) is 4.88 Å². The Balaban J connectivity index is 0.00000176. The molecule has 0 saturated carbocycles. The van der Waals surface area contributed by atoms with Gasteiger partial charge >= 0.3 is 0 Å². The first-order chi connectivity index (χ1) is 10.3. The Hall–Kier alpha value is -0.810. The van der Waals surface area contributed by atoms with Crippen molar-refractivity contribution in [3.8, 4) is 16.1 Å². The molecule has 0 radical (unpaired) electrons. The molecule has 1 nitrogen and oxygen atoms in total. The fourth-order valence-electron chi connectivity index (χ4n) is 2.14. The first kappa shape index (κ1) is 17.5. The quantitative estimate of drug-likeness (QED) is 0.470. The highest BCUT2D eigenvalue weighted by atomic mass is 79.9. The number of benzene rings is 2. The molecule has 0 fully saturated rings. The van der Waals surface area contributed by atoms with Crippen molar-refractivity contribution >= 4 is 34.7 Å². The molecule has 5 heteroatoms. The van der Waals surface area contributed by atoms with E-state index in [0.29, 0.717) is 0 Å². The van der Waals surface area contributed by atoms with Crippen LogP contribution in [0.3, 0.4) is 0 Å². The molecule has 0 aliphatic heterocycles. The summed E-state index contributed by atoms with van der Waals surface area (Å²) in [6.07, 6.45) is 0. The van der Waals surface area contributed by atoms with Crippen molar-refractivity contribution in [2.45, 2.75) is 11.9 Å². The van der Waals surface area contributed by atoms with Crippen molar-refractivity contribution in [3.63, 3.8) is 0 Å². The maximum absolute atomic E-state index is 5.99. The van der Waals surface area contributed by atoms with Crippen molar-refractivity contribution in [3.05, 3.63) is 65.1 Å². The Morgan fingerprint density at radius 1 is 1.05 bits per heavy atom. The van der Waals surface area contributed by atoms with E-state index in [4.69, 9.17) is 11.6 Å². The molecule has 0 saturated heterocycles. The topological polar surface area (TPSA) is 3.88 Å². The molecule has 22 heavy (non-hydrogen) atoms. The van der Waals surface area contributed by atoms with Gasteiger partial charge in [-0.2, -0.15) is 0 Å². The Morgan fingerprint density at radius 2 is 1.73 bits per heavy atom. The Labute approximate surface area is 154 Å². The molecule has 0 N–H and O–H groups in total. The highest BCUT2D eigenvalue weighted by Gasteiger charge is 2.22. The molecule has 0 aliphatic carbocycles.